The minimum absolute atomic E-state index is 0.189. The molecule has 1 saturated carbocycles. The molecule has 1 heterocycles. The largest absolute Gasteiger partial charge is 0.341 e. The molecule has 1 aliphatic carbocycles. The number of benzene rings is 1. The fourth-order valence-corrected chi connectivity index (χ4v) is 4.87. The lowest BCUT2D eigenvalue weighted by Crippen LogP contribution is -2.36. The van der Waals surface area contributed by atoms with Gasteiger partial charge in [-0.1, -0.05) is 49.6 Å². The molecule has 0 radical (unpaired) electrons. The SMILES string of the molecule is Cc1sc(N(Cc2ccccc2)C2CCCCC2)nc1C(=O)NS(C)(=O)=O. The summed E-state index contributed by atoms with van der Waals surface area (Å²) in [5.41, 5.74) is 1.38. The maximum absolute atomic E-state index is 12.3. The zero-order valence-electron chi connectivity index (χ0n) is 15.6. The molecule has 0 atom stereocenters. The molecule has 1 amide bonds. The van der Waals surface area contributed by atoms with E-state index in [4.69, 9.17) is 0 Å². The molecule has 0 unspecified atom stereocenters. The van der Waals surface area contributed by atoms with Crippen LogP contribution in [0.1, 0.15) is 53.0 Å². The van der Waals surface area contributed by atoms with Gasteiger partial charge in [-0.25, -0.2) is 18.1 Å². The van der Waals surface area contributed by atoms with Crippen molar-refractivity contribution in [3.05, 3.63) is 46.5 Å². The lowest BCUT2D eigenvalue weighted by atomic mass is 9.94. The summed E-state index contributed by atoms with van der Waals surface area (Å²) in [5, 5.41) is 0.780. The van der Waals surface area contributed by atoms with E-state index in [0.717, 1.165) is 35.7 Å². The van der Waals surface area contributed by atoms with E-state index in [2.05, 4.69) is 22.0 Å². The Morgan fingerprint density at radius 1 is 1.22 bits per heavy atom. The summed E-state index contributed by atoms with van der Waals surface area (Å²) in [5.74, 6) is -0.666. The summed E-state index contributed by atoms with van der Waals surface area (Å²) < 4.78 is 24.8. The Labute approximate surface area is 164 Å². The molecule has 146 valence electrons. The van der Waals surface area contributed by atoms with Crippen LogP contribution in [0.3, 0.4) is 0 Å². The smallest absolute Gasteiger partial charge is 0.284 e. The van der Waals surface area contributed by atoms with Crippen molar-refractivity contribution in [1.82, 2.24) is 9.71 Å². The fourth-order valence-electron chi connectivity index (χ4n) is 3.46. The van der Waals surface area contributed by atoms with Gasteiger partial charge in [0.25, 0.3) is 5.91 Å². The van der Waals surface area contributed by atoms with E-state index < -0.39 is 15.9 Å². The summed E-state index contributed by atoms with van der Waals surface area (Å²) in [7, 11) is -3.62. The average molecular weight is 408 g/mol. The van der Waals surface area contributed by atoms with Gasteiger partial charge in [-0.3, -0.25) is 4.79 Å². The lowest BCUT2D eigenvalue weighted by molar-refractivity contribution is 0.0977. The van der Waals surface area contributed by atoms with Gasteiger partial charge >= 0.3 is 0 Å². The fraction of sp³-hybridized carbons (Fsp3) is 0.474. The number of aryl methyl sites for hydroxylation is 1. The van der Waals surface area contributed by atoms with Crippen LogP contribution in [0.2, 0.25) is 0 Å². The topological polar surface area (TPSA) is 79.4 Å². The summed E-state index contributed by atoms with van der Waals surface area (Å²) in [6.45, 7) is 2.53. The van der Waals surface area contributed by atoms with Crippen LogP contribution in [0.15, 0.2) is 30.3 Å². The molecule has 1 aromatic carbocycles. The van der Waals surface area contributed by atoms with Crippen LogP contribution in [0.25, 0.3) is 0 Å². The van der Waals surface area contributed by atoms with Crippen molar-refractivity contribution in [3.8, 4) is 0 Å². The standard InChI is InChI=1S/C19H25N3O3S2/c1-14-17(18(23)21-27(2,24)25)20-19(26-14)22(16-11-7-4-8-12-16)13-15-9-5-3-6-10-15/h3,5-6,9-10,16H,4,7-8,11-13H2,1-2H3,(H,21,23). The third-order valence-electron chi connectivity index (χ3n) is 4.74. The second kappa shape index (κ2) is 8.39. The highest BCUT2D eigenvalue weighted by molar-refractivity contribution is 7.89. The van der Waals surface area contributed by atoms with E-state index in [9.17, 15) is 13.2 Å². The van der Waals surface area contributed by atoms with Gasteiger partial charge in [0.05, 0.1) is 6.26 Å². The predicted octanol–water partition coefficient (Wildman–Crippen LogP) is 3.48. The maximum atomic E-state index is 12.3. The number of nitrogens with one attached hydrogen (secondary N) is 1. The predicted molar refractivity (Wildman–Crippen MR) is 109 cm³/mol. The first kappa shape index (κ1) is 19.8. The van der Waals surface area contributed by atoms with Gasteiger partial charge in [0.15, 0.2) is 5.13 Å². The van der Waals surface area contributed by atoms with Gasteiger partial charge in [-0.15, -0.1) is 11.3 Å². The summed E-state index contributed by atoms with van der Waals surface area (Å²) >= 11 is 1.45. The Hall–Kier alpha value is -1.93. The number of hydrogen-bond donors (Lipinski definition) is 1. The van der Waals surface area contributed by atoms with Gasteiger partial charge in [0.1, 0.15) is 5.69 Å². The lowest BCUT2D eigenvalue weighted by Gasteiger charge is -2.34. The molecule has 1 N–H and O–H groups in total. The number of thiazole rings is 1. The molecule has 1 aromatic heterocycles. The zero-order chi connectivity index (χ0) is 19.4. The highest BCUT2D eigenvalue weighted by Crippen LogP contribution is 2.33. The average Bonchev–Trinajstić information content (AvgIpc) is 3.01. The first-order valence-electron chi connectivity index (χ1n) is 9.13. The normalized spacial score (nSPS) is 15.5. The van der Waals surface area contributed by atoms with Gasteiger partial charge in [0, 0.05) is 17.5 Å². The van der Waals surface area contributed by atoms with Crippen LogP contribution in [0.4, 0.5) is 5.13 Å². The molecule has 1 aliphatic rings. The molecule has 6 nitrogen and oxygen atoms in total. The minimum atomic E-state index is -3.62. The summed E-state index contributed by atoms with van der Waals surface area (Å²) in [6, 6.07) is 10.6. The second-order valence-electron chi connectivity index (χ2n) is 7.01. The van der Waals surface area contributed by atoms with Crippen LogP contribution in [-0.4, -0.2) is 31.6 Å². The van der Waals surface area contributed by atoms with Crippen LogP contribution in [-0.2, 0) is 16.6 Å². The maximum Gasteiger partial charge on any atom is 0.284 e. The van der Waals surface area contributed by atoms with Crippen molar-refractivity contribution in [2.45, 2.75) is 51.6 Å². The van der Waals surface area contributed by atoms with Crippen LogP contribution in [0, 0.1) is 6.92 Å². The summed E-state index contributed by atoms with van der Waals surface area (Å²) in [6.07, 6.45) is 6.84. The van der Waals surface area contributed by atoms with Crippen molar-refractivity contribution in [2.75, 3.05) is 11.2 Å². The molecule has 0 bridgehead atoms. The van der Waals surface area contributed by atoms with E-state index in [1.807, 2.05) is 22.9 Å². The molecule has 0 aliphatic heterocycles. The Morgan fingerprint density at radius 3 is 2.52 bits per heavy atom. The van der Waals surface area contributed by atoms with Gasteiger partial charge < -0.3 is 4.90 Å². The number of nitrogens with zero attached hydrogens (tertiary/aromatic N) is 2. The van der Waals surface area contributed by atoms with E-state index >= 15 is 0 Å². The van der Waals surface area contributed by atoms with E-state index in [1.54, 1.807) is 6.92 Å². The van der Waals surface area contributed by atoms with Gasteiger partial charge in [0.2, 0.25) is 10.0 Å². The van der Waals surface area contributed by atoms with Crippen molar-refractivity contribution in [3.63, 3.8) is 0 Å². The molecule has 1 fully saturated rings. The number of carbonyl (C=O) groups is 1. The number of hydrogen-bond acceptors (Lipinski definition) is 6. The molecular formula is C19H25N3O3S2. The van der Waals surface area contributed by atoms with E-state index in [-0.39, 0.29) is 5.69 Å². The molecule has 8 heteroatoms. The minimum Gasteiger partial charge on any atom is -0.341 e. The highest BCUT2D eigenvalue weighted by Gasteiger charge is 2.26. The Bertz CT molecular complexity index is 888. The molecule has 3 rings (SSSR count). The number of anilines is 1. The van der Waals surface area contributed by atoms with Crippen molar-refractivity contribution in [1.29, 1.82) is 0 Å². The van der Waals surface area contributed by atoms with Crippen molar-refractivity contribution in [2.24, 2.45) is 0 Å². The van der Waals surface area contributed by atoms with Gasteiger partial charge in [-0.2, -0.15) is 0 Å². The first-order chi connectivity index (χ1) is 12.8. The van der Waals surface area contributed by atoms with E-state index in [0.29, 0.717) is 6.04 Å². The Balaban J connectivity index is 1.89. The summed E-state index contributed by atoms with van der Waals surface area (Å²) in [4.78, 5) is 19.8. The van der Waals surface area contributed by atoms with Crippen molar-refractivity contribution < 1.29 is 13.2 Å². The monoisotopic (exact) mass is 407 g/mol. The van der Waals surface area contributed by atoms with Crippen LogP contribution >= 0.6 is 11.3 Å². The molecule has 2 aromatic rings. The third-order valence-corrected chi connectivity index (χ3v) is 6.30. The molecular weight excluding hydrogens is 382 g/mol. The van der Waals surface area contributed by atoms with Crippen molar-refractivity contribution >= 4 is 32.4 Å². The number of aromatic nitrogens is 1. The number of sulfonamides is 1. The number of amides is 1. The molecule has 0 spiro atoms. The van der Waals surface area contributed by atoms with Crippen LogP contribution in [0.5, 0.6) is 0 Å². The number of carbonyl (C=O) groups excluding carboxylic acids is 1. The van der Waals surface area contributed by atoms with Gasteiger partial charge in [-0.05, 0) is 25.3 Å². The van der Waals surface area contributed by atoms with E-state index in [1.165, 1.54) is 36.2 Å². The van der Waals surface area contributed by atoms with Crippen LogP contribution < -0.4 is 9.62 Å². The Morgan fingerprint density at radius 2 is 1.89 bits per heavy atom. The third kappa shape index (κ3) is 5.29. The quantitative estimate of drug-likeness (QED) is 0.793. The second-order valence-corrected chi connectivity index (χ2v) is 9.94. The first-order valence-corrected chi connectivity index (χ1v) is 11.8. The number of rotatable bonds is 6. The highest BCUT2D eigenvalue weighted by atomic mass is 32.2. The Kier molecular flexibility index (Phi) is 6.16. The zero-order valence-corrected chi connectivity index (χ0v) is 17.3. The molecule has 27 heavy (non-hydrogen) atoms. The molecule has 0 saturated heterocycles.